The van der Waals surface area contributed by atoms with Crippen LogP contribution in [-0.2, 0) is 9.59 Å². The fourth-order valence-electron chi connectivity index (χ4n) is 2.10. The van der Waals surface area contributed by atoms with Gasteiger partial charge in [0.15, 0.2) is 16.6 Å². The third-order valence-corrected chi connectivity index (χ3v) is 3.58. The number of nitrogens with one attached hydrogen (secondary N) is 1. The Bertz CT molecular complexity index is 727. The number of thiocarbonyl (C=S) groups is 1. The molecule has 0 aliphatic carbocycles. The van der Waals surface area contributed by atoms with Crippen LogP contribution in [-0.4, -0.2) is 40.1 Å². The number of ether oxygens (including phenoxy) is 1. The highest BCUT2D eigenvalue weighted by Gasteiger charge is 2.32. The maximum Gasteiger partial charge on any atom is 0.265 e. The van der Waals surface area contributed by atoms with E-state index in [1.807, 2.05) is 6.92 Å². The Kier molecular flexibility index (Phi) is 5.70. The van der Waals surface area contributed by atoms with Crippen molar-refractivity contribution in [1.82, 2.24) is 10.2 Å². The fraction of sp³-hybridized carbons (Fsp3) is 0.235. The van der Waals surface area contributed by atoms with Crippen molar-refractivity contribution in [3.63, 3.8) is 0 Å². The van der Waals surface area contributed by atoms with Crippen LogP contribution in [0.15, 0.2) is 36.4 Å². The second-order valence-electron chi connectivity index (χ2n) is 5.10. The Morgan fingerprint density at radius 3 is 2.83 bits per heavy atom. The third-order valence-electron chi connectivity index (χ3n) is 3.25. The average molecular weight is 346 g/mol. The Labute approximate surface area is 145 Å². The molecule has 0 spiro atoms. The van der Waals surface area contributed by atoms with E-state index in [1.54, 1.807) is 12.1 Å². The summed E-state index contributed by atoms with van der Waals surface area (Å²) < 4.78 is 5.44. The van der Waals surface area contributed by atoms with Crippen LogP contribution in [0.5, 0.6) is 11.5 Å². The van der Waals surface area contributed by atoms with Gasteiger partial charge in [0, 0.05) is 6.54 Å². The van der Waals surface area contributed by atoms with Crippen LogP contribution in [0.25, 0.3) is 6.08 Å². The third kappa shape index (κ3) is 3.80. The zero-order valence-electron chi connectivity index (χ0n) is 13.2. The number of phenols is 1. The lowest BCUT2D eigenvalue weighted by Gasteiger charge is -2.27. The van der Waals surface area contributed by atoms with E-state index in [4.69, 9.17) is 17.0 Å². The fourth-order valence-corrected chi connectivity index (χ4v) is 2.35. The monoisotopic (exact) mass is 346 g/mol. The number of aromatic hydroxyl groups is 1. The van der Waals surface area contributed by atoms with Gasteiger partial charge in [0.1, 0.15) is 5.57 Å². The molecule has 0 atom stereocenters. The van der Waals surface area contributed by atoms with Crippen LogP contribution in [0.2, 0.25) is 0 Å². The van der Waals surface area contributed by atoms with Gasteiger partial charge >= 0.3 is 0 Å². The zero-order valence-corrected chi connectivity index (χ0v) is 14.1. The van der Waals surface area contributed by atoms with Gasteiger partial charge in [-0.25, -0.2) is 0 Å². The molecule has 1 saturated heterocycles. The van der Waals surface area contributed by atoms with E-state index in [9.17, 15) is 14.7 Å². The molecule has 1 aromatic carbocycles. The molecule has 1 heterocycles. The summed E-state index contributed by atoms with van der Waals surface area (Å²) in [5.74, 6) is -0.755. The maximum atomic E-state index is 12.4. The number of phenolic OH excluding ortho intramolecular Hbond substituents is 1. The van der Waals surface area contributed by atoms with E-state index in [0.29, 0.717) is 17.9 Å². The van der Waals surface area contributed by atoms with Gasteiger partial charge in [-0.1, -0.05) is 19.1 Å². The van der Waals surface area contributed by atoms with E-state index in [0.717, 1.165) is 6.42 Å². The van der Waals surface area contributed by atoms with Crippen molar-refractivity contribution in [3.05, 3.63) is 42.0 Å². The first kappa shape index (κ1) is 17.7. The van der Waals surface area contributed by atoms with Gasteiger partial charge in [-0.15, -0.1) is 6.58 Å². The van der Waals surface area contributed by atoms with Crippen molar-refractivity contribution in [2.45, 2.75) is 13.3 Å². The summed E-state index contributed by atoms with van der Waals surface area (Å²) in [6.45, 7) is 6.18. The summed E-state index contributed by atoms with van der Waals surface area (Å²) in [5.41, 5.74) is 0.515. The van der Waals surface area contributed by atoms with E-state index in [2.05, 4.69) is 11.9 Å². The van der Waals surface area contributed by atoms with Crippen LogP contribution in [0.1, 0.15) is 18.9 Å². The number of hydrogen-bond donors (Lipinski definition) is 2. The SMILES string of the molecule is C=CCN1C(=O)C(=Cc2ccc(O)c(OCCC)c2)C(=O)NC1=S. The second-order valence-corrected chi connectivity index (χ2v) is 5.48. The lowest BCUT2D eigenvalue weighted by Crippen LogP contribution is -2.53. The van der Waals surface area contributed by atoms with Gasteiger partial charge in [-0.05, 0) is 42.4 Å². The summed E-state index contributed by atoms with van der Waals surface area (Å²) in [7, 11) is 0. The van der Waals surface area contributed by atoms with Crippen LogP contribution < -0.4 is 10.1 Å². The van der Waals surface area contributed by atoms with Gasteiger partial charge in [0.05, 0.1) is 6.61 Å². The molecule has 24 heavy (non-hydrogen) atoms. The number of nitrogens with zero attached hydrogens (tertiary/aromatic N) is 1. The van der Waals surface area contributed by atoms with Crippen molar-refractivity contribution in [1.29, 1.82) is 0 Å². The molecule has 1 fully saturated rings. The lowest BCUT2D eigenvalue weighted by atomic mass is 10.1. The molecule has 0 unspecified atom stereocenters. The molecule has 7 heteroatoms. The van der Waals surface area contributed by atoms with Crippen LogP contribution >= 0.6 is 12.2 Å². The van der Waals surface area contributed by atoms with Crippen molar-refractivity contribution in [2.75, 3.05) is 13.2 Å². The van der Waals surface area contributed by atoms with Crippen molar-refractivity contribution < 1.29 is 19.4 Å². The van der Waals surface area contributed by atoms with Crippen LogP contribution in [0, 0.1) is 0 Å². The number of rotatable bonds is 6. The topological polar surface area (TPSA) is 78.9 Å². The zero-order chi connectivity index (χ0) is 17.7. The van der Waals surface area contributed by atoms with Crippen molar-refractivity contribution >= 4 is 35.2 Å². The summed E-state index contributed by atoms with van der Waals surface area (Å²) in [6.07, 6.45) is 3.75. The van der Waals surface area contributed by atoms with E-state index in [1.165, 1.54) is 23.1 Å². The predicted molar refractivity (Wildman–Crippen MR) is 94.5 cm³/mol. The lowest BCUT2D eigenvalue weighted by molar-refractivity contribution is -0.128. The predicted octanol–water partition coefficient (Wildman–Crippen LogP) is 1.99. The molecule has 1 aromatic rings. The van der Waals surface area contributed by atoms with E-state index >= 15 is 0 Å². The highest BCUT2D eigenvalue weighted by Crippen LogP contribution is 2.28. The molecule has 0 saturated carbocycles. The van der Waals surface area contributed by atoms with Gasteiger partial charge in [0.2, 0.25) is 0 Å². The van der Waals surface area contributed by atoms with E-state index < -0.39 is 11.8 Å². The number of amides is 2. The molecule has 2 rings (SSSR count). The van der Waals surface area contributed by atoms with Crippen molar-refractivity contribution in [2.24, 2.45) is 0 Å². The minimum atomic E-state index is -0.561. The molecule has 6 nitrogen and oxygen atoms in total. The Morgan fingerprint density at radius 1 is 1.42 bits per heavy atom. The molecule has 2 N–H and O–H groups in total. The molecule has 1 aliphatic rings. The molecule has 1 aliphatic heterocycles. The molecule has 0 radical (unpaired) electrons. The first-order chi connectivity index (χ1) is 11.5. The smallest absolute Gasteiger partial charge is 0.265 e. The van der Waals surface area contributed by atoms with Crippen molar-refractivity contribution in [3.8, 4) is 11.5 Å². The number of carbonyl (C=O) groups is 2. The van der Waals surface area contributed by atoms with Crippen LogP contribution in [0.4, 0.5) is 0 Å². The normalized spacial score (nSPS) is 16.3. The quantitative estimate of drug-likeness (QED) is 0.356. The molecule has 126 valence electrons. The minimum Gasteiger partial charge on any atom is -0.504 e. The van der Waals surface area contributed by atoms with E-state index in [-0.39, 0.29) is 23.0 Å². The second kappa shape index (κ2) is 7.74. The molecule has 0 aromatic heterocycles. The van der Waals surface area contributed by atoms with Crippen LogP contribution in [0.3, 0.4) is 0 Å². The molecular weight excluding hydrogens is 328 g/mol. The van der Waals surface area contributed by atoms with Gasteiger partial charge in [0.25, 0.3) is 11.8 Å². The number of hydrogen-bond acceptors (Lipinski definition) is 5. The Morgan fingerprint density at radius 2 is 2.17 bits per heavy atom. The summed E-state index contributed by atoms with van der Waals surface area (Å²) in [6, 6.07) is 4.62. The van der Waals surface area contributed by atoms with Gasteiger partial charge < -0.3 is 9.84 Å². The highest BCUT2D eigenvalue weighted by molar-refractivity contribution is 7.80. The van der Waals surface area contributed by atoms with Gasteiger partial charge in [-0.2, -0.15) is 0 Å². The average Bonchev–Trinajstić information content (AvgIpc) is 2.55. The minimum absolute atomic E-state index is 0.000478. The number of carbonyl (C=O) groups excluding carboxylic acids is 2. The summed E-state index contributed by atoms with van der Waals surface area (Å²) in [5, 5.41) is 12.3. The largest absolute Gasteiger partial charge is 0.504 e. The first-order valence-corrected chi connectivity index (χ1v) is 7.84. The Balaban J connectivity index is 2.34. The number of benzene rings is 1. The summed E-state index contributed by atoms with van der Waals surface area (Å²) in [4.78, 5) is 25.8. The Hall–Kier alpha value is -2.67. The molecule has 0 bridgehead atoms. The maximum absolute atomic E-state index is 12.4. The first-order valence-electron chi connectivity index (χ1n) is 7.43. The molecular formula is C17H18N2O4S. The highest BCUT2D eigenvalue weighted by atomic mass is 32.1. The standard InChI is InChI=1S/C17H18N2O4S/c1-3-7-19-16(22)12(15(21)18-17(19)24)9-11-5-6-13(20)14(10-11)23-8-4-2/h3,5-6,9-10,20H,1,4,7-8H2,2H3,(H,18,21,24). The summed E-state index contributed by atoms with van der Waals surface area (Å²) >= 11 is 5.00. The van der Waals surface area contributed by atoms with Gasteiger partial charge in [-0.3, -0.25) is 19.8 Å². The molecule has 2 amide bonds.